The van der Waals surface area contributed by atoms with Gasteiger partial charge in [0, 0.05) is 18.0 Å². The summed E-state index contributed by atoms with van der Waals surface area (Å²) in [6, 6.07) is 23.8. The van der Waals surface area contributed by atoms with E-state index < -0.39 is 0 Å². The van der Waals surface area contributed by atoms with Crippen LogP contribution in [0.1, 0.15) is 42.2 Å². The zero-order valence-electron chi connectivity index (χ0n) is 12.7. The number of benzene rings is 2. The molecule has 1 heteroatoms. The van der Waals surface area contributed by atoms with Gasteiger partial charge in [-0.3, -0.25) is 4.90 Å². The van der Waals surface area contributed by atoms with Gasteiger partial charge in [0.2, 0.25) is 0 Å². The quantitative estimate of drug-likeness (QED) is 0.785. The Hall–Kier alpha value is -1.60. The second-order valence-corrected chi connectivity index (χ2v) is 6.65. The highest BCUT2D eigenvalue weighted by atomic mass is 15.2. The first-order valence-electron chi connectivity index (χ1n) is 8.16. The van der Waals surface area contributed by atoms with E-state index in [1.165, 1.54) is 30.4 Å². The first kappa shape index (κ1) is 13.1. The Bertz CT molecular complexity index is 592. The summed E-state index contributed by atoms with van der Waals surface area (Å²) in [5, 5.41) is 0. The monoisotopic (exact) mass is 277 g/mol. The van der Waals surface area contributed by atoms with Crippen LogP contribution in [-0.2, 0) is 0 Å². The summed E-state index contributed by atoms with van der Waals surface area (Å²) in [6.07, 6.45) is 4.02. The van der Waals surface area contributed by atoms with Crippen molar-refractivity contribution in [3.8, 4) is 0 Å². The van der Waals surface area contributed by atoms with Crippen molar-refractivity contribution in [2.24, 2.45) is 0 Å². The van der Waals surface area contributed by atoms with Gasteiger partial charge in [-0.1, -0.05) is 60.7 Å². The Morgan fingerprint density at radius 1 is 0.810 bits per heavy atom. The van der Waals surface area contributed by atoms with Crippen molar-refractivity contribution in [1.29, 1.82) is 0 Å². The molecule has 2 fully saturated rings. The minimum atomic E-state index is 0.636. The summed E-state index contributed by atoms with van der Waals surface area (Å²) in [5.41, 5.74) is 3.04. The van der Waals surface area contributed by atoms with Crippen LogP contribution in [0, 0.1) is 0 Å². The molecule has 0 saturated carbocycles. The van der Waals surface area contributed by atoms with Gasteiger partial charge in [-0.25, -0.2) is 0 Å². The largest absolute Gasteiger partial charge is 0.300 e. The lowest BCUT2D eigenvalue weighted by molar-refractivity contribution is 0.137. The van der Waals surface area contributed by atoms with Crippen molar-refractivity contribution in [3.63, 3.8) is 0 Å². The molecule has 4 atom stereocenters. The minimum absolute atomic E-state index is 0.636. The van der Waals surface area contributed by atoms with Crippen molar-refractivity contribution < 1.29 is 0 Å². The third-order valence-electron chi connectivity index (χ3n) is 5.68. The zero-order chi connectivity index (χ0) is 14.2. The standard InChI is InChI=1S/C20H23N/c1-21-17-12-13-19(21)20(16-10-6-3-7-11-16)18(14-17)15-8-4-2-5-9-15/h2-11,17-20H,12-14H2,1H3/t17-,18?,19?,20+/m1/s1. The molecule has 0 aromatic heterocycles. The Kier molecular flexibility index (Phi) is 3.31. The molecular weight excluding hydrogens is 254 g/mol. The maximum absolute atomic E-state index is 2.65. The number of hydrogen-bond donors (Lipinski definition) is 0. The fraction of sp³-hybridized carbons (Fsp3) is 0.400. The smallest absolute Gasteiger partial charge is 0.0170 e. The molecular formula is C20H23N. The van der Waals surface area contributed by atoms with Crippen LogP contribution in [0.15, 0.2) is 60.7 Å². The molecule has 0 spiro atoms. The molecule has 2 aromatic carbocycles. The number of nitrogens with zero attached hydrogens (tertiary/aromatic N) is 1. The van der Waals surface area contributed by atoms with Crippen LogP contribution in [0.3, 0.4) is 0 Å². The molecule has 108 valence electrons. The van der Waals surface area contributed by atoms with Crippen molar-refractivity contribution >= 4 is 0 Å². The molecule has 0 radical (unpaired) electrons. The summed E-state index contributed by atoms with van der Waals surface area (Å²) >= 11 is 0. The summed E-state index contributed by atoms with van der Waals surface area (Å²) in [4.78, 5) is 2.65. The van der Waals surface area contributed by atoms with E-state index in [0.717, 1.165) is 6.04 Å². The van der Waals surface area contributed by atoms with Crippen LogP contribution in [0.4, 0.5) is 0 Å². The Morgan fingerprint density at radius 3 is 2.10 bits per heavy atom. The number of hydrogen-bond acceptors (Lipinski definition) is 1. The van der Waals surface area contributed by atoms with Gasteiger partial charge in [0.1, 0.15) is 0 Å². The lowest BCUT2D eigenvalue weighted by Gasteiger charge is -2.43. The molecule has 2 aliphatic rings. The fourth-order valence-corrected chi connectivity index (χ4v) is 4.64. The zero-order valence-corrected chi connectivity index (χ0v) is 12.7. The fourth-order valence-electron chi connectivity index (χ4n) is 4.64. The van der Waals surface area contributed by atoms with E-state index in [9.17, 15) is 0 Å². The molecule has 2 unspecified atom stereocenters. The third kappa shape index (κ3) is 2.20. The van der Waals surface area contributed by atoms with Gasteiger partial charge in [-0.05, 0) is 43.4 Å². The van der Waals surface area contributed by atoms with Gasteiger partial charge in [0.25, 0.3) is 0 Å². The maximum Gasteiger partial charge on any atom is 0.0170 e. The average Bonchev–Trinajstić information content (AvgIpc) is 2.79. The second-order valence-electron chi connectivity index (χ2n) is 6.65. The van der Waals surface area contributed by atoms with Crippen molar-refractivity contribution in [2.75, 3.05) is 7.05 Å². The van der Waals surface area contributed by atoms with E-state index in [0.29, 0.717) is 17.9 Å². The molecule has 2 heterocycles. The maximum atomic E-state index is 2.65. The normalized spacial score (nSPS) is 32.2. The van der Waals surface area contributed by atoms with Crippen LogP contribution in [0.25, 0.3) is 0 Å². The SMILES string of the molecule is CN1C2CC[C@@H]1CC(c1ccccc1)[C@@H]2c1ccccc1. The second kappa shape index (κ2) is 5.31. The first-order chi connectivity index (χ1) is 10.3. The van der Waals surface area contributed by atoms with Gasteiger partial charge >= 0.3 is 0 Å². The molecule has 1 nitrogen and oxygen atoms in total. The summed E-state index contributed by atoms with van der Waals surface area (Å²) in [5.74, 6) is 1.31. The average molecular weight is 277 g/mol. The lowest BCUT2D eigenvalue weighted by atomic mass is 9.73. The highest BCUT2D eigenvalue weighted by molar-refractivity contribution is 5.32. The van der Waals surface area contributed by atoms with E-state index >= 15 is 0 Å². The van der Waals surface area contributed by atoms with Crippen molar-refractivity contribution in [3.05, 3.63) is 71.8 Å². The highest BCUT2D eigenvalue weighted by Gasteiger charge is 2.46. The number of rotatable bonds is 2. The topological polar surface area (TPSA) is 3.24 Å². The van der Waals surface area contributed by atoms with Crippen LogP contribution < -0.4 is 0 Å². The molecule has 2 bridgehead atoms. The molecule has 0 aliphatic carbocycles. The highest BCUT2D eigenvalue weighted by Crippen LogP contribution is 2.50. The Morgan fingerprint density at radius 2 is 1.43 bits per heavy atom. The van der Waals surface area contributed by atoms with E-state index in [1.807, 2.05) is 0 Å². The van der Waals surface area contributed by atoms with Crippen LogP contribution >= 0.6 is 0 Å². The lowest BCUT2D eigenvalue weighted by Crippen LogP contribution is -2.44. The Labute approximate surface area is 127 Å². The predicted octanol–water partition coefficient (Wildman–Crippen LogP) is 4.42. The molecule has 2 saturated heterocycles. The van der Waals surface area contributed by atoms with Crippen LogP contribution in [0.5, 0.6) is 0 Å². The van der Waals surface area contributed by atoms with Gasteiger partial charge in [0.05, 0.1) is 0 Å². The van der Waals surface area contributed by atoms with Gasteiger partial charge in [-0.2, -0.15) is 0 Å². The molecule has 4 rings (SSSR count). The van der Waals surface area contributed by atoms with Gasteiger partial charge in [0.15, 0.2) is 0 Å². The minimum Gasteiger partial charge on any atom is -0.300 e. The van der Waals surface area contributed by atoms with Crippen molar-refractivity contribution in [1.82, 2.24) is 4.90 Å². The first-order valence-corrected chi connectivity index (χ1v) is 8.16. The number of fused-ring (bicyclic) bond motifs is 2. The van der Waals surface area contributed by atoms with Crippen molar-refractivity contribution in [2.45, 2.75) is 43.2 Å². The summed E-state index contributed by atoms with van der Waals surface area (Å²) in [7, 11) is 2.33. The molecule has 21 heavy (non-hydrogen) atoms. The summed E-state index contributed by atoms with van der Waals surface area (Å²) in [6.45, 7) is 0. The molecule has 2 aliphatic heterocycles. The van der Waals surface area contributed by atoms with E-state index in [4.69, 9.17) is 0 Å². The van der Waals surface area contributed by atoms with E-state index in [-0.39, 0.29) is 0 Å². The van der Waals surface area contributed by atoms with Gasteiger partial charge < -0.3 is 0 Å². The van der Waals surface area contributed by atoms with Crippen LogP contribution in [0.2, 0.25) is 0 Å². The number of piperidine rings is 1. The van der Waals surface area contributed by atoms with Gasteiger partial charge in [-0.15, -0.1) is 0 Å². The summed E-state index contributed by atoms with van der Waals surface area (Å²) < 4.78 is 0. The predicted molar refractivity (Wildman–Crippen MR) is 87.6 cm³/mol. The van der Waals surface area contributed by atoms with E-state index in [1.54, 1.807) is 0 Å². The van der Waals surface area contributed by atoms with Crippen LogP contribution in [-0.4, -0.2) is 24.0 Å². The molecule has 0 amide bonds. The molecule has 0 N–H and O–H groups in total. The Balaban J connectivity index is 1.77. The molecule has 2 aromatic rings. The number of likely N-dealkylation sites (N-methyl/N-ethyl adjacent to an activating group) is 1. The van der Waals surface area contributed by atoms with E-state index in [2.05, 4.69) is 72.6 Å². The third-order valence-corrected chi connectivity index (χ3v) is 5.68.